The van der Waals surface area contributed by atoms with Crippen molar-refractivity contribution in [2.75, 3.05) is 17.3 Å². The number of rotatable bonds is 6. The molecule has 6 nitrogen and oxygen atoms in total. The van der Waals surface area contributed by atoms with Crippen LogP contribution in [0.5, 0.6) is 0 Å². The van der Waals surface area contributed by atoms with E-state index in [2.05, 4.69) is 5.32 Å². The third-order valence-corrected chi connectivity index (χ3v) is 6.58. The van der Waals surface area contributed by atoms with Gasteiger partial charge in [-0.1, -0.05) is 19.1 Å². The van der Waals surface area contributed by atoms with Gasteiger partial charge in [-0.25, -0.2) is 16.8 Å². The Morgan fingerprint density at radius 3 is 2.12 bits per heavy atom. The Labute approximate surface area is 147 Å². The molecular weight excluding hydrogens is 362 g/mol. The molecule has 25 heavy (non-hydrogen) atoms. The minimum Gasteiger partial charge on any atom is -0.322 e. The highest BCUT2D eigenvalue weighted by atomic mass is 32.2. The van der Waals surface area contributed by atoms with Crippen LogP contribution in [0, 0.1) is 0 Å². The second-order valence-electron chi connectivity index (χ2n) is 5.57. The standard InChI is InChI=1S/C17H19NO5S2/c1-3-12-25(22,23)16-7-5-4-6-15(16)17(19)18-13-8-10-14(11-9-13)24(2,20)21/h4-11H,3,12H2,1-2H3,(H,18,19). The molecule has 0 fully saturated rings. The molecule has 0 radical (unpaired) electrons. The van der Waals surface area contributed by atoms with Gasteiger partial charge < -0.3 is 5.32 Å². The number of amides is 1. The summed E-state index contributed by atoms with van der Waals surface area (Å²) >= 11 is 0. The van der Waals surface area contributed by atoms with Gasteiger partial charge in [-0.2, -0.15) is 0 Å². The van der Waals surface area contributed by atoms with Crippen LogP contribution >= 0.6 is 0 Å². The molecule has 8 heteroatoms. The lowest BCUT2D eigenvalue weighted by Gasteiger charge is -2.11. The van der Waals surface area contributed by atoms with Gasteiger partial charge in [0.25, 0.3) is 5.91 Å². The van der Waals surface area contributed by atoms with Crippen LogP contribution in [0.15, 0.2) is 58.3 Å². The molecule has 2 rings (SSSR count). The van der Waals surface area contributed by atoms with Gasteiger partial charge in [-0.05, 0) is 42.8 Å². The summed E-state index contributed by atoms with van der Waals surface area (Å²) in [6.45, 7) is 1.75. The number of carbonyl (C=O) groups is 1. The highest BCUT2D eigenvalue weighted by molar-refractivity contribution is 7.91. The Morgan fingerprint density at radius 1 is 0.960 bits per heavy atom. The van der Waals surface area contributed by atoms with Crippen molar-refractivity contribution in [1.82, 2.24) is 0 Å². The number of hydrogen-bond donors (Lipinski definition) is 1. The van der Waals surface area contributed by atoms with Crippen molar-refractivity contribution in [3.63, 3.8) is 0 Å². The molecule has 2 aromatic rings. The Kier molecular flexibility index (Phi) is 5.64. The van der Waals surface area contributed by atoms with Crippen molar-refractivity contribution in [3.05, 3.63) is 54.1 Å². The minimum atomic E-state index is -3.54. The maximum atomic E-state index is 12.5. The van der Waals surface area contributed by atoms with Gasteiger partial charge in [-0.15, -0.1) is 0 Å². The summed E-state index contributed by atoms with van der Waals surface area (Å²) in [7, 11) is -6.87. The highest BCUT2D eigenvalue weighted by Crippen LogP contribution is 2.20. The third-order valence-electron chi connectivity index (χ3n) is 3.48. The Hall–Kier alpha value is -2.19. The molecule has 0 bridgehead atoms. The van der Waals surface area contributed by atoms with Crippen molar-refractivity contribution in [3.8, 4) is 0 Å². The van der Waals surface area contributed by atoms with Crippen LogP contribution in [0.1, 0.15) is 23.7 Å². The van der Waals surface area contributed by atoms with Crippen molar-refractivity contribution in [2.24, 2.45) is 0 Å². The second kappa shape index (κ2) is 7.37. The monoisotopic (exact) mass is 381 g/mol. The topological polar surface area (TPSA) is 97.4 Å². The summed E-state index contributed by atoms with van der Waals surface area (Å²) in [6, 6.07) is 11.7. The molecule has 0 aliphatic carbocycles. The van der Waals surface area contributed by atoms with Crippen molar-refractivity contribution in [1.29, 1.82) is 0 Å². The number of sulfone groups is 2. The van der Waals surface area contributed by atoms with E-state index in [0.29, 0.717) is 12.1 Å². The van der Waals surface area contributed by atoms with Crippen LogP contribution in [0.4, 0.5) is 5.69 Å². The molecule has 0 heterocycles. The average molecular weight is 381 g/mol. The van der Waals surface area contributed by atoms with Crippen LogP contribution in [0.25, 0.3) is 0 Å². The molecule has 0 atom stereocenters. The first-order chi connectivity index (χ1) is 11.6. The molecule has 0 spiro atoms. The Balaban J connectivity index is 2.31. The number of anilines is 1. The highest BCUT2D eigenvalue weighted by Gasteiger charge is 2.21. The zero-order valence-electron chi connectivity index (χ0n) is 13.9. The maximum absolute atomic E-state index is 12.5. The SMILES string of the molecule is CCCS(=O)(=O)c1ccccc1C(=O)Nc1ccc(S(C)(=O)=O)cc1. The summed E-state index contributed by atoms with van der Waals surface area (Å²) in [5.41, 5.74) is 0.434. The Morgan fingerprint density at radius 2 is 1.56 bits per heavy atom. The fourth-order valence-corrected chi connectivity index (χ4v) is 4.46. The Bertz CT molecular complexity index is 978. The molecule has 1 N–H and O–H groups in total. The smallest absolute Gasteiger partial charge is 0.256 e. The number of nitrogens with one attached hydrogen (secondary N) is 1. The molecule has 0 saturated heterocycles. The van der Waals surface area contributed by atoms with Crippen molar-refractivity contribution in [2.45, 2.75) is 23.1 Å². The van der Waals surface area contributed by atoms with E-state index in [1.165, 1.54) is 36.4 Å². The minimum absolute atomic E-state index is 0.0119. The molecule has 0 aliphatic heterocycles. The number of hydrogen-bond acceptors (Lipinski definition) is 5. The van der Waals surface area contributed by atoms with Crippen molar-refractivity contribution < 1.29 is 21.6 Å². The van der Waals surface area contributed by atoms with E-state index in [-0.39, 0.29) is 21.1 Å². The van der Waals surface area contributed by atoms with Crippen molar-refractivity contribution >= 4 is 31.3 Å². The molecule has 1 amide bonds. The van der Waals surface area contributed by atoms with Crippen LogP contribution in [0.2, 0.25) is 0 Å². The summed E-state index contributed by atoms with van der Waals surface area (Å²) in [5, 5.41) is 2.59. The molecule has 0 saturated carbocycles. The lowest BCUT2D eigenvalue weighted by Crippen LogP contribution is -2.17. The zero-order valence-corrected chi connectivity index (χ0v) is 15.5. The van der Waals surface area contributed by atoms with Gasteiger partial charge in [0.2, 0.25) is 0 Å². The van der Waals surface area contributed by atoms with E-state index in [0.717, 1.165) is 6.26 Å². The largest absolute Gasteiger partial charge is 0.322 e. The van der Waals surface area contributed by atoms with E-state index < -0.39 is 25.6 Å². The van der Waals surface area contributed by atoms with Gasteiger partial charge in [0.05, 0.1) is 21.1 Å². The lowest BCUT2D eigenvalue weighted by atomic mass is 10.2. The van der Waals surface area contributed by atoms with Crippen LogP contribution < -0.4 is 5.32 Å². The first-order valence-corrected chi connectivity index (χ1v) is 11.1. The van der Waals surface area contributed by atoms with Crippen LogP contribution in [0.3, 0.4) is 0 Å². The summed E-state index contributed by atoms with van der Waals surface area (Å²) in [6.07, 6.45) is 1.54. The molecular formula is C17H19NO5S2. The molecule has 134 valence electrons. The molecule has 2 aromatic carbocycles. The number of benzene rings is 2. The predicted octanol–water partition coefficient (Wildman–Crippen LogP) is 2.53. The zero-order chi connectivity index (χ0) is 18.7. The quantitative estimate of drug-likeness (QED) is 0.829. The van der Waals surface area contributed by atoms with Gasteiger partial charge in [0.15, 0.2) is 19.7 Å². The third kappa shape index (κ3) is 4.67. The van der Waals surface area contributed by atoms with E-state index >= 15 is 0 Å². The van der Waals surface area contributed by atoms with E-state index in [1.54, 1.807) is 19.1 Å². The summed E-state index contributed by atoms with van der Waals surface area (Å²) in [4.78, 5) is 12.6. The van der Waals surface area contributed by atoms with E-state index in [4.69, 9.17) is 0 Å². The molecule has 0 aliphatic rings. The summed E-state index contributed by atoms with van der Waals surface area (Å²) < 4.78 is 47.5. The van der Waals surface area contributed by atoms with Gasteiger partial charge in [-0.3, -0.25) is 4.79 Å². The van der Waals surface area contributed by atoms with Crippen LogP contribution in [-0.2, 0) is 19.7 Å². The predicted molar refractivity (Wildman–Crippen MR) is 96.3 cm³/mol. The summed E-state index contributed by atoms with van der Waals surface area (Å²) in [5.74, 6) is -0.609. The average Bonchev–Trinajstić information content (AvgIpc) is 2.54. The lowest BCUT2D eigenvalue weighted by molar-refractivity contribution is 0.102. The second-order valence-corrected chi connectivity index (χ2v) is 9.66. The van der Waals surface area contributed by atoms with Gasteiger partial charge in [0, 0.05) is 11.9 Å². The van der Waals surface area contributed by atoms with E-state index in [1.807, 2.05) is 0 Å². The first-order valence-electron chi connectivity index (χ1n) is 7.58. The van der Waals surface area contributed by atoms with Crippen LogP contribution in [-0.4, -0.2) is 34.8 Å². The van der Waals surface area contributed by atoms with E-state index in [9.17, 15) is 21.6 Å². The molecule has 0 aromatic heterocycles. The van der Waals surface area contributed by atoms with Gasteiger partial charge in [0.1, 0.15) is 0 Å². The van der Waals surface area contributed by atoms with Gasteiger partial charge >= 0.3 is 0 Å². The first kappa shape index (κ1) is 19.1. The maximum Gasteiger partial charge on any atom is 0.256 e. The number of carbonyl (C=O) groups excluding carboxylic acids is 1. The fourth-order valence-electron chi connectivity index (χ4n) is 2.29. The normalized spacial score (nSPS) is 11.9. The fraction of sp³-hybridized carbons (Fsp3) is 0.235. The molecule has 0 unspecified atom stereocenters.